The minimum atomic E-state index is 0.0681. The van der Waals surface area contributed by atoms with Crippen LogP contribution in [0.3, 0.4) is 0 Å². The van der Waals surface area contributed by atoms with Gasteiger partial charge in [0.2, 0.25) is 0 Å². The average molecular weight is 335 g/mol. The lowest BCUT2D eigenvalue weighted by atomic mass is 10.1. The molecule has 1 atom stereocenters. The molecule has 0 aliphatic heterocycles. The van der Waals surface area contributed by atoms with Crippen molar-refractivity contribution in [2.24, 2.45) is 0 Å². The monoisotopic (exact) mass is 334 g/mol. The van der Waals surface area contributed by atoms with Crippen molar-refractivity contribution in [3.63, 3.8) is 0 Å². The first-order valence-electron chi connectivity index (χ1n) is 6.15. The second-order valence-corrected chi connectivity index (χ2v) is 5.70. The Kier molecular flexibility index (Phi) is 5.11. The van der Waals surface area contributed by atoms with Gasteiger partial charge in [0, 0.05) is 16.5 Å². The van der Waals surface area contributed by atoms with Gasteiger partial charge in [-0.25, -0.2) is 0 Å². The molecule has 0 fully saturated rings. The van der Waals surface area contributed by atoms with Gasteiger partial charge < -0.3 is 4.74 Å². The molecular formula is C16H15BrOS. The average Bonchev–Trinajstić information content (AvgIpc) is 2.40. The molecule has 0 saturated carbocycles. The van der Waals surface area contributed by atoms with Crippen molar-refractivity contribution in [1.29, 1.82) is 0 Å². The van der Waals surface area contributed by atoms with E-state index in [1.807, 2.05) is 49.4 Å². The highest BCUT2D eigenvalue weighted by Crippen LogP contribution is 2.14. The topological polar surface area (TPSA) is 9.23 Å². The van der Waals surface area contributed by atoms with E-state index >= 15 is 0 Å². The summed E-state index contributed by atoms with van der Waals surface area (Å²) in [4.78, 5) is 0. The number of ether oxygens (including phenoxy) is 1. The van der Waals surface area contributed by atoms with Crippen molar-refractivity contribution in [2.75, 3.05) is 0 Å². The van der Waals surface area contributed by atoms with Gasteiger partial charge in [-0.15, -0.1) is 0 Å². The molecule has 0 N–H and O–H groups in total. The lowest BCUT2D eigenvalue weighted by Crippen LogP contribution is -2.16. The smallest absolute Gasteiger partial charge is 0.191 e. The van der Waals surface area contributed by atoms with Crippen molar-refractivity contribution in [2.45, 2.75) is 19.4 Å². The van der Waals surface area contributed by atoms with E-state index in [-0.39, 0.29) is 6.10 Å². The van der Waals surface area contributed by atoms with Gasteiger partial charge in [0.1, 0.15) is 6.10 Å². The molecule has 0 spiro atoms. The van der Waals surface area contributed by atoms with Crippen LogP contribution in [0.4, 0.5) is 0 Å². The van der Waals surface area contributed by atoms with E-state index in [0.717, 1.165) is 16.5 Å². The van der Waals surface area contributed by atoms with Gasteiger partial charge >= 0.3 is 0 Å². The fourth-order valence-electron chi connectivity index (χ4n) is 1.82. The SMILES string of the molecule is CC(Cc1ccccc1)OC(=S)c1ccc(Br)cc1. The van der Waals surface area contributed by atoms with E-state index in [4.69, 9.17) is 17.0 Å². The van der Waals surface area contributed by atoms with Crippen LogP contribution < -0.4 is 0 Å². The Morgan fingerprint density at radius 1 is 1.11 bits per heavy atom. The predicted octanol–water partition coefficient (Wildman–Crippen LogP) is 4.77. The number of halogens is 1. The van der Waals surface area contributed by atoms with Gasteiger partial charge in [0.15, 0.2) is 5.05 Å². The Hall–Kier alpha value is -1.19. The van der Waals surface area contributed by atoms with Crippen LogP contribution in [0.25, 0.3) is 0 Å². The molecule has 1 unspecified atom stereocenters. The summed E-state index contributed by atoms with van der Waals surface area (Å²) in [6.07, 6.45) is 0.927. The van der Waals surface area contributed by atoms with E-state index in [2.05, 4.69) is 28.1 Å². The van der Waals surface area contributed by atoms with E-state index < -0.39 is 0 Å². The second-order valence-electron chi connectivity index (χ2n) is 4.41. The van der Waals surface area contributed by atoms with Crippen LogP contribution >= 0.6 is 28.1 Å². The Morgan fingerprint density at radius 2 is 1.74 bits per heavy atom. The number of benzene rings is 2. The molecule has 2 aromatic carbocycles. The molecule has 0 aliphatic rings. The van der Waals surface area contributed by atoms with Gasteiger partial charge in [-0.05, 0) is 49.0 Å². The minimum Gasteiger partial charge on any atom is -0.480 e. The third-order valence-corrected chi connectivity index (χ3v) is 3.61. The summed E-state index contributed by atoms with van der Waals surface area (Å²) in [5.41, 5.74) is 2.20. The molecule has 0 amide bonds. The fraction of sp³-hybridized carbons (Fsp3) is 0.188. The zero-order valence-corrected chi connectivity index (χ0v) is 13.1. The number of thiocarbonyl (C=S) groups is 1. The summed E-state index contributed by atoms with van der Waals surface area (Å²) in [6, 6.07) is 18.1. The summed E-state index contributed by atoms with van der Waals surface area (Å²) < 4.78 is 6.83. The molecule has 0 saturated heterocycles. The van der Waals surface area contributed by atoms with Crippen LogP contribution in [-0.4, -0.2) is 11.2 Å². The van der Waals surface area contributed by atoms with Gasteiger partial charge in [-0.2, -0.15) is 0 Å². The molecule has 2 rings (SSSR count). The lowest BCUT2D eigenvalue weighted by Gasteiger charge is -2.15. The summed E-state index contributed by atoms with van der Waals surface area (Å²) in [5, 5.41) is 0.552. The first kappa shape index (κ1) is 14.2. The molecular weight excluding hydrogens is 320 g/mol. The van der Waals surface area contributed by atoms with Crippen molar-refractivity contribution in [1.82, 2.24) is 0 Å². The van der Waals surface area contributed by atoms with E-state index in [0.29, 0.717) is 5.05 Å². The number of hydrogen-bond donors (Lipinski definition) is 0. The van der Waals surface area contributed by atoms with Crippen LogP contribution in [-0.2, 0) is 11.2 Å². The van der Waals surface area contributed by atoms with E-state index in [9.17, 15) is 0 Å². The standard InChI is InChI=1S/C16H15BrOS/c1-12(11-13-5-3-2-4-6-13)18-16(19)14-7-9-15(17)10-8-14/h2-10,12H,11H2,1H3. The minimum absolute atomic E-state index is 0.0681. The predicted molar refractivity (Wildman–Crippen MR) is 86.5 cm³/mol. The molecule has 1 nitrogen and oxygen atoms in total. The van der Waals surface area contributed by atoms with E-state index in [1.54, 1.807) is 0 Å². The molecule has 2 aromatic rings. The largest absolute Gasteiger partial charge is 0.480 e. The molecule has 0 radical (unpaired) electrons. The van der Waals surface area contributed by atoms with Crippen molar-refractivity contribution in [3.8, 4) is 0 Å². The maximum absolute atomic E-state index is 5.80. The molecule has 3 heteroatoms. The lowest BCUT2D eigenvalue weighted by molar-refractivity contribution is 0.216. The highest BCUT2D eigenvalue weighted by atomic mass is 79.9. The fourth-order valence-corrected chi connectivity index (χ4v) is 2.39. The van der Waals surface area contributed by atoms with Crippen molar-refractivity contribution in [3.05, 3.63) is 70.2 Å². The van der Waals surface area contributed by atoms with Crippen LogP contribution in [0.5, 0.6) is 0 Å². The normalized spacial score (nSPS) is 11.9. The molecule has 0 bridgehead atoms. The van der Waals surface area contributed by atoms with Crippen LogP contribution in [0.1, 0.15) is 18.1 Å². The van der Waals surface area contributed by atoms with Gasteiger partial charge in [-0.1, -0.05) is 46.3 Å². The summed E-state index contributed by atoms with van der Waals surface area (Å²) in [5.74, 6) is 0. The number of rotatable bonds is 4. The van der Waals surface area contributed by atoms with Crippen molar-refractivity contribution < 1.29 is 4.74 Å². The maximum Gasteiger partial charge on any atom is 0.191 e. The van der Waals surface area contributed by atoms with Crippen LogP contribution in [0.2, 0.25) is 0 Å². The zero-order chi connectivity index (χ0) is 13.7. The third kappa shape index (κ3) is 4.44. The van der Waals surface area contributed by atoms with Gasteiger partial charge in [-0.3, -0.25) is 0 Å². The highest BCUT2D eigenvalue weighted by molar-refractivity contribution is 9.10. The molecule has 98 valence electrons. The molecule has 0 aromatic heterocycles. The molecule has 0 heterocycles. The molecule has 19 heavy (non-hydrogen) atoms. The van der Waals surface area contributed by atoms with Crippen molar-refractivity contribution >= 4 is 33.2 Å². The Bertz CT molecular complexity index is 536. The first-order valence-corrected chi connectivity index (χ1v) is 7.36. The highest BCUT2D eigenvalue weighted by Gasteiger charge is 2.09. The Balaban J connectivity index is 1.93. The Morgan fingerprint density at radius 3 is 2.37 bits per heavy atom. The quantitative estimate of drug-likeness (QED) is 0.744. The van der Waals surface area contributed by atoms with Crippen LogP contribution in [0.15, 0.2) is 59.1 Å². The Labute approximate surface area is 127 Å². The first-order chi connectivity index (χ1) is 9.15. The van der Waals surface area contributed by atoms with Crippen LogP contribution in [0, 0.1) is 0 Å². The summed E-state index contributed by atoms with van der Waals surface area (Å²) in [6.45, 7) is 2.04. The van der Waals surface area contributed by atoms with Gasteiger partial charge in [0.25, 0.3) is 0 Å². The maximum atomic E-state index is 5.80. The zero-order valence-electron chi connectivity index (χ0n) is 10.7. The summed E-state index contributed by atoms with van der Waals surface area (Å²) >= 11 is 8.72. The summed E-state index contributed by atoms with van der Waals surface area (Å²) in [7, 11) is 0. The molecule has 0 aliphatic carbocycles. The number of hydrogen-bond acceptors (Lipinski definition) is 2. The second kappa shape index (κ2) is 6.83. The third-order valence-electron chi connectivity index (χ3n) is 2.75. The van der Waals surface area contributed by atoms with E-state index in [1.165, 1.54) is 5.56 Å². The van der Waals surface area contributed by atoms with Gasteiger partial charge in [0.05, 0.1) is 0 Å².